The molecular formula is C13H22N2O3. The van der Waals surface area contributed by atoms with Gasteiger partial charge in [-0.1, -0.05) is 26.7 Å². The Kier molecular flexibility index (Phi) is 6.42. The SMILES string of the molecule is C#CCN(CC(=O)O)C(=O)CC(N)CC(C)(C)C. The second kappa shape index (κ2) is 7.02. The van der Waals surface area contributed by atoms with E-state index in [0.717, 1.165) is 4.90 Å². The molecule has 5 nitrogen and oxygen atoms in total. The van der Waals surface area contributed by atoms with E-state index in [1.165, 1.54) is 0 Å². The molecule has 3 N–H and O–H groups in total. The molecule has 1 unspecified atom stereocenters. The fraction of sp³-hybridized carbons (Fsp3) is 0.692. The van der Waals surface area contributed by atoms with Crippen molar-refractivity contribution >= 4 is 11.9 Å². The van der Waals surface area contributed by atoms with Crippen LogP contribution in [0.5, 0.6) is 0 Å². The van der Waals surface area contributed by atoms with Gasteiger partial charge in [0.05, 0.1) is 6.54 Å². The van der Waals surface area contributed by atoms with Gasteiger partial charge in [0.25, 0.3) is 0 Å². The number of aliphatic carboxylic acids is 1. The first kappa shape index (κ1) is 16.5. The van der Waals surface area contributed by atoms with E-state index < -0.39 is 5.97 Å². The van der Waals surface area contributed by atoms with Gasteiger partial charge in [-0.05, 0) is 11.8 Å². The molecule has 5 heteroatoms. The highest BCUT2D eigenvalue weighted by Crippen LogP contribution is 2.21. The number of hydrogen-bond acceptors (Lipinski definition) is 3. The number of carboxylic acid groups (broad SMARTS) is 1. The summed E-state index contributed by atoms with van der Waals surface area (Å²) in [7, 11) is 0. The average molecular weight is 254 g/mol. The van der Waals surface area contributed by atoms with Crippen LogP contribution in [-0.2, 0) is 9.59 Å². The second-order valence-electron chi connectivity index (χ2n) is 5.58. The summed E-state index contributed by atoms with van der Waals surface area (Å²) in [4.78, 5) is 23.6. The molecule has 0 fully saturated rings. The summed E-state index contributed by atoms with van der Waals surface area (Å²) < 4.78 is 0. The van der Waals surface area contributed by atoms with Crippen molar-refractivity contribution in [1.82, 2.24) is 4.90 Å². The first-order chi connectivity index (χ1) is 8.15. The van der Waals surface area contributed by atoms with Crippen molar-refractivity contribution in [3.05, 3.63) is 0 Å². The number of carbonyl (C=O) groups is 2. The van der Waals surface area contributed by atoms with Gasteiger partial charge in [0, 0.05) is 12.5 Å². The number of nitrogens with two attached hydrogens (primary N) is 1. The highest BCUT2D eigenvalue weighted by molar-refractivity contribution is 5.82. The molecule has 1 atom stereocenters. The van der Waals surface area contributed by atoms with E-state index in [-0.39, 0.29) is 36.9 Å². The molecule has 0 aliphatic heterocycles. The Morgan fingerprint density at radius 2 is 2.00 bits per heavy atom. The minimum absolute atomic E-state index is 0.00658. The lowest BCUT2D eigenvalue weighted by atomic mass is 9.87. The van der Waals surface area contributed by atoms with E-state index in [1.54, 1.807) is 0 Å². The Hall–Kier alpha value is -1.54. The first-order valence-electron chi connectivity index (χ1n) is 5.84. The van der Waals surface area contributed by atoms with E-state index in [1.807, 2.05) is 20.8 Å². The summed E-state index contributed by atoms with van der Waals surface area (Å²) in [6.07, 6.45) is 5.91. The highest BCUT2D eigenvalue weighted by Gasteiger charge is 2.22. The third-order valence-electron chi connectivity index (χ3n) is 2.27. The summed E-state index contributed by atoms with van der Waals surface area (Å²) in [5.41, 5.74) is 5.91. The van der Waals surface area contributed by atoms with Crippen molar-refractivity contribution < 1.29 is 14.7 Å². The maximum absolute atomic E-state index is 11.9. The number of carbonyl (C=O) groups excluding carboxylic acids is 1. The zero-order chi connectivity index (χ0) is 14.3. The molecular weight excluding hydrogens is 232 g/mol. The Morgan fingerprint density at radius 1 is 1.44 bits per heavy atom. The normalized spacial score (nSPS) is 12.6. The minimum Gasteiger partial charge on any atom is -0.480 e. The standard InChI is InChI=1S/C13H22N2O3/c1-5-6-15(9-12(17)18)11(16)7-10(14)8-13(2,3)4/h1,10H,6-9,14H2,2-4H3,(H,17,18). The van der Waals surface area contributed by atoms with Gasteiger partial charge in [-0.3, -0.25) is 9.59 Å². The van der Waals surface area contributed by atoms with Crippen LogP contribution in [0.1, 0.15) is 33.6 Å². The predicted octanol–water partition coefficient (Wildman–Crippen LogP) is 0.686. The molecule has 18 heavy (non-hydrogen) atoms. The molecule has 0 heterocycles. The molecule has 0 saturated heterocycles. The number of amides is 1. The van der Waals surface area contributed by atoms with E-state index >= 15 is 0 Å². The number of nitrogens with zero attached hydrogens (tertiary/aromatic N) is 1. The zero-order valence-electron chi connectivity index (χ0n) is 11.3. The summed E-state index contributed by atoms with van der Waals surface area (Å²) in [6, 6.07) is -0.286. The van der Waals surface area contributed by atoms with Crippen LogP contribution in [0, 0.1) is 17.8 Å². The molecule has 1 amide bonds. The molecule has 0 rings (SSSR count). The highest BCUT2D eigenvalue weighted by atomic mass is 16.4. The van der Waals surface area contributed by atoms with Gasteiger partial charge >= 0.3 is 5.97 Å². The Bertz CT molecular complexity index is 339. The van der Waals surface area contributed by atoms with Crippen LogP contribution in [0.25, 0.3) is 0 Å². The van der Waals surface area contributed by atoms with Crippen LogP contribution in [0.2, 0.25) is 0 Å². The average Bonchev–Trinajstić information content (AvgIpc) is 2.12. The molecule has 0 bridgehead atoms. The van der Waals surface area contributed by atoms with Crippen LogP contribution in [0.4, 0.5) is 0 Å². The van der Waals surface area contributed by atoms with Gasteiger partial charge in [-0.15, -0.1) is 6.42 Å². The lowest BCUT2D eigenvalue weighted by Gasteiger charge is -2.25. The quantitative estimate of drug-likeness (QED) is 0.683. The molecule has 0 aliphatic rings. The van der Waals surface area contributed by atoms with Gasteiger partial charge in [-0.25, -0.2) is 0 Å². The molecule has 0 spiro atoms. The van der Waals surface area contributed by atoms with Gasteiger partial charge in [-0.2, -0.15) is 0 Å². The second-order valence-corrected chi connectivity index (χ2v) is 5.58. The van der Waals surface area contributed by atoms with Gasteiger partial charge in [0.1, 0.15) is 6.54 Å². The molecule has 0 aromatic heterocycles. The first-order valence-corrected chi connectivity index (χ1v) is 5.84. The van der Waals surface area contributed by atoms with Crippen molar-refractivity contribution in [2.45, 2.75) is 39.7 Å². The minimum atomic E-state index is -1.08. The van der Waals surface area contributed by atoms with Crippen LogP contribution in [-0.4, -0.2) is 41.0 Å². The van der Waals surface area contributed by atoms with Gasteiger partial charge in [0.15, 0.2) is 0 Å². The van der Waals surface area contributed by atoms with E-state index in [4.69, 9.17) is 17.3 Å². The lowest BCUT2D eigenvalue weighted by molar-refractivity contribution is -0.144. The fourth-order valence-corrected chi connectivity index (χ4v) is 1.72. The van der Waals surface area contributed by atoms with Crippen LogP contribution >= 0.6 is 0 Å². The maximum atomic E-state index is 11.9. The summed E-state index contributed by atoms with van der Waals surface area (Å²) in [6.45, 7) is 5.72. The largest absolute Gasteiger partial charge is 0.480 e. The molecule has 0 aromatic rings. The third kappa shape index (κ3) is 7.69. The van der Waals surface area contributed by atoms with Crippen molar-refractivity contribution in [2.75, 3.05) is 13.1 Å². The van der Waals surface area contributed by atoms with Crippen molar-refractivity contribution in [2.24, 2.45) is 11.1 Å². The molecule has 0 aromatic carbocycles. The van der Waals surface area contributed by atoms with Crippen molar-refractivity contribution in [3.8, 4) is 12.3 Å². The van der Waals surface area contributed by atoms with Crippen LogP contribution < -0.4 is 5.73 Å². The lowest BCUT2D eigenvalue weighted by Crippen LogP contribution is -2.40. The van der Waals surface area contributed by atoms with E-state index in [2.05, 4.69) is 5.92 Å². The summed E-state index contributed by atoms with van der Waals surface area (Å²) in [5, 5.41) is 8.69. The number of hydrogen-bond donors (Lipinski definition) is 2. The van der Waals surface area contributed by atoms with Gasteiger partial charge < -0.3 is 15.7 Å². The molecule has 0 radical (unpaired) electrons. The topological polar surface area (TPSA) is 83.6 Å². The predicted molar refractivity (Wildman–Crippen MR) is 69.7 cm³/mol. The summed E-state index contributed by atoms with van der Waals surface area (Å²) >= 11 is 0. The number of carboxylic acids is 1. The van der Waals surface area contributed by atoms with Gasteiger partial charge in [0.2, 0.25) is 5.91 Å². The Morgan fingerprint density at radius 3 is 2.39 bits per heavy atom. The smallest absolute Gasteiger partial charge is 0.323 e. The monoisotopic (exact) mass is 254 g/mol. The Labute approximate surface area is 108 Å². The number of terminal acetylenes is 1. The van der Waals surface area contributed by atoms with E-state index in [9.17, 15) is 9.59 Å². The van der Waals surface area contributed by atoms with E-state index in [0.29, 0.717) is 6.42 Å². The molecule has 102 valence electrons. The Balaban J connectivity index is 4.42. The van der Waals surface area contributed by atoms with Crippen molar-refractivity contribution in [3.63, 3.8) is 0 Å². The molecule has 0 saturated carbocycles. The third-order valence-corrected chi connectivity index (χ3v) is 2.27. The fourth-order valence-electron chi connectivity index (χ4n) is 1.72. The molecule has 0 aliphatic carbocycles. The number of rotatable bonds is 6. The van der Waals surface area contributed by atoms with Crippen LogP contribution in [0.15, 0.2) is 0 Å². The maximum Gasteiger partial charge on any atom is 0.323 e. The summed E-state index contributed by atoms with van der Waals surface area (Å²) in [5.74, 6) is 0.883. The van der Waals surface area contributed by atoms with Crippen LogP contribution in [0.3, 0.4) is 0 Å². The zero-order valence-corrected chi connectivity index (χ0v) is 11.3. The van der Waals surface area contributed by atoms with Crippen molar-refractivity contribution in [1.29, 1.82) is 0 Å².